The smallest absolute Gasteiger partial charge is 0.294 e. The predicted octanol–water partition coefficient (Wildman–Crippen LogP) is 0.0255. The van der Waals surface area contributed by atoms with Gasteiger partial charge in [0.25, 0.3) is 10.1 Å². The van der Waals surface area contributed by atoms with Crippen molar-refractivity contribution in [1.29, 1.82) is 0 Å². The van der Waals surface area contributed by atoms with Gasteiger partial charge < -0.3 is 10.6 Å². The number of hydrogen-bond acceptors (Lipinski definition) is 3. The fraction of sp³-hybridized carbons (Fsp3) is 0.250. The van der Waals surface area contributed by atoms with E-state index in [1.165, 1.54) is 12.1 Å². The van der Waals surface area contributed by atoms with E-state index >= 15 is 0 Å². The largest absolute Gasteiger partial charge is 0.412 e. The fourth-order valence-electron chi connectivity index (χ4n) is 0.710. The lowest BCUT2D eigenvalue weighted by Gasteiger charge is -1.95. The molecule has 0 saturated heterocycles. The summed E-state index contributed by atoms with van der Waals surface area (Å²) in [7, 11) is -3.02. The Balaban J connectivity index is 0. The first-order valence-corrected chi connectivity index (χ1v) is 4.93. The molecule has 5 nitrogen and oxygen atoms in total. The van der Waals surface area contributed by atoms with Crippen LogP contribution in [0.2, 0.25) is 0 Å². The molecule has 0 atom stereocenters. The highest BCUT2D eigenvalue weighted by atomic mass is 32.2. The van der Waals surface area contributed by atoms with Crippen molar-refractivity contribution in [2.45, 2.75) is 11.8 Å². The van der Waals surface area contributed by atoms with Crippen LogP contribution >= 0.6 is 0 Å². The summed E-state index contributed by atoms with van der Waals surface area (Å²) in [5, 5.41) is 7.00. The highest BCUT2D eigenvalue weighted by Gasteiger charge is 2.06. The Morgan fingerprint density at radius 1 is 1.07 bits per heavy atom. The first-order valence-electron chi connectivity index (χ1n) is 3.49. The van der Waals surface area contributed by atoms with Crippen molar-refractivity contribution in [3.8, 4) is 0 Å². The van der Waals surface area contributed by atoms with Crippen molar-refractivity contribution >= 4 is 10.1 Å². The summed E-state index contributed by atoms with van der Waals surface area (Å²) >= 11 is 0. The molecule has 1 aromatic rings. The molecule has 0 spiro atoms. The van der Waals surface area contributed by atoms with Crippen LogP contribution in [0.25, 0.3) is 0 Å². The number of aliphatic hydroxyl groups excluding tert-OH is 1. The molecule has 0 fully saturated rings. The lowest BCUT2D eigenvalue weighted by Crippen LogP contribution is -1.96. The van der Waals surface area contributed by atoms with E-state index in [1.54, 1.807) is 12.1 Å². The summed E-state index contributed by atoms with van der Waals surface area (Å²) in [6.45, 7) is 1.84. The summed E-state index contributed by atoms with van der Waals surface area (Å²) in [6.07, 6.45) is 0. The van der Waals surface area contributed by atoms with E-state index in [-0.39, 0.29) is 10.4 Å². The fourth-order valence-corrected chi connectivity index (χ4v) is 1.19. The highest BCUT2D eigenvalue weighted by molar-refractivity contribution is 7.85. The lowest BCUT2D eigenvalue weighted by atomic mass is 10.2. The molecule has 1 aromatic carbocycles. The van der Waals surface area contributed by atoms with Crippen molar-refractivity contribution in [1.82, 2.24) is 0 Å². The number of hydrogen-bond donors (Lipinski definition) is 2. The SMILES string of the molecule is CO.Cc1ccc(S(=O)(=O)O)cc1.O. The number of aryl methyl sites for hydroxylation is 1. The third-order valence-corrected chi connectivity index (χ3v) is 2.19. The maximum Gasteiger partial charge on any atom is 0.294 e. The molecule has 0 aromatic heterocycles. The molecule has 6 heteroatoms. The van der Waals surface area contributed by atoms with Gasteiger partial charge in [-0.15, -0.1) is 0 Å². The van der Waals surface area contributed by atoms with E-state index in [9.17, 15) is 8.42 Å². The quantitative estimate of drug-likeness (QED) is 0.653. The summed E-state index contributed by atoms with van der Waals surface area (Å²) in [5.74, 6) is 0. The summed E-state index contributed by atoms with van der Waals surface area (Å²) in [5.41, 5.74) is 0.956. The minimum Gasteiger partial charge on any atom is -0.412 e. The van der Waals surface area contributed by atoms with Crippen LogP contribution in [0, 0.1) is 6.92 Å². The first kappa shape index (κ1) is 15.5. The Labute approximate surface area is 83.1 Å². The molecule has 0 unspecified atom stereocenters. The van der Waals surface area contributed by atoms with Crippen molar-refractivity contribution in [2.24, 2.45) is 0 Å². The molecular formula is C8H14O5S. The van der Waals surface area contributed by atoms with Crippen molar-refractivity contribution in [3.05, 3.63) is 29.8 Å². The summed E-state index contributed by atoms with van der Waals surface area (Å²) in [6, 6.07) is 5.99. The maximum atomic E-state index is 10.5. The average Bonchev–Trinajstić information content (AvgIpc) is 2.07. The number of aliphatic hydroxyl groups is 1. The van der Waals surface area contributed by atoms with E-state index in [4.69, 9.17) is 9.66 Å². The van der Waals surface area contributed by atoms with E-state index in [0.29, 0.717) is 0 Å². The van der Waals surface area contributed by atoms with Gasteiger partial charge in [0.15, 0.2) is 0 Å². The second-order valence-electron chi connectivity index (χ2n) is 2.29. The van der Waals surface area contributed by atoms with Crippen LogP contribution < -0.4 is 0 Å². The maximum absolute atomic E-state index is 10.5. The zero-order chi connectivity index (χ0) is 10.5. The van der Waals surface area contributed by atoms with Gasteiger partial charge in [-0.05, 0) is 19.1 Å². The van der Waals surface area contributed by atoms with Crippen LogP contribution in [-0.2, 0) is 10.1 Å². The van der Waals surface area contributed by atoms with Crippen LogP contribution in [0.4, 0.5) is 0 Å². The average molecular weight is 222 g/mol. The Bertz CT molecular complexity index is 340. The molecule has 0 aliphatic carbocycles. The van der Waals surface area contributed by atoms with Crippen molar-refractivity contribution in [2.75, 3.05) is 7.11 Å². The Hall–Kier alpha value is -0.950. The molecule has 14 heavy (non-hydrogen) atoms. The molecule has 0 aliphatic heterocycles. The molecule has 1 rings (SSSR count). The van der Waals surface area contributed by atoms with E-state index in [2.05, 4.69) is 0 Å². The molecule has 82 valence electrons. The predicted molar refractivity (Wildman–Crippen MR) is 52.8 cm³/mol. The Morgan fingerprint density at radius 3 is 1.71 bits per heavy atom. The highest BCUT2D eigenvalue weighted by Crippen LogP contribution is 2.08. The Morgan fingerprint density at radius 2 is 1.43 bits per heavy atom. The number of rotatable bonds is 1. The molecule has 0 aliphatic rings. The van der Waals surface area contributed by atoms with Crippen LogP contribution in [0.1, 0.15) is 5.56 Å². The van der Waals surface area contributed by atoms with Gasteiger partial charge in [0, 0.05) is 7.11 Å². The molecule has 0 saturated carbocycles. The van der Waals surface area contributed by atoms with Gasteiger partial charge in [-0.2, -0.15) is 8.42 Å². The first-order chi connectivity index (χ1) is 6.00. The molecular weight excluding hydrogens is 208 g/mol. The van der Waals surface area contributed by atoms with Gasteiger partial charge >= 0.3 is 0 Å². The van der Waals surface area contributed by atoms with Crippen molar-refractivity contribution in [3.63, 3.8) is 0 Å². The normalized spacial score (nSPS) is 9.43. The van der Waals surface area contributed by atoms with Gasteiger partial charge in [-0.25, -0.2) is 0 Å². The van der Waals surface area contributed by atoms with Crippen LogP contribution in [0.3, 0.4) is 0 Å². The van der Waals surface area contributed by atoms with Gasteiger partial charge in [-0.3, -0.25) is 4.55 Å². The number of benzene rings is 1. The van der Waals surface area contributed by atoms with E-state index in [1.807, 2.05) is 6.92 Å². The third kappa shape index (κ3) is 4.93. The molecule has 0 bridgehead atoms. The Kier molecular flexibility index (Phi) is 7.20. The van der Waals surface area contributed by atoms with Gasteiger partial charge in [0.05, 0.1) is 4.90 Å². The molecule has 0 heterocycles. The van der Waals surface area contributed by atoms with E-state index in [0.717, 1.165) is 12.7 Å². The zero-order valence-corrected chi connectivity index (χ0v) is 8.75. The van der Waals surface area contributed by atoms with Crippen LogP contribution in [0.5, 0.6) is 0 Å². The van der Waals surface area contributed by atoms with Gasteiger partial charge in [0.2, 0.25) is 0 Å². The zero-order valence-electron chi connectivity index (χ0n) is 7.93. The van der Waals surface area contributed by atoms with Crippen LogP contribution in [-0.4, -0.2) is 30.7 Å². The standard InChI is InChI=1S/C7H8O3S.CH4O.H2O/c1-6-2-4-7(5-3-6)11(8,9)10;1-2;/h2-5H,1H3,(H,8,9,10);2H,1H3;1H2. The minimum absolute atomic E-state index is 0. The second kappa shape index (κ2) is 6.50. The van der Waals surface area contributed by atoms with Crippen molar-refractivity contribution < 1.29 is 23.6 Å². The minimum atomic E-state index is -4.02. The van der Waals surface area contributed by atoms with E-state index < -0.39 is 10.1 Å². The summed E-state index contributed by atoms with van der Waals surface area (Å²) in [4.78, 5) is -0.0666. The molecule has 0 radical (unpaired) electrons. The third-order valence-electron chi connectivity index (χ3n) is 1.32. The molecule has 0 amide bonds. The second-order valence-corrected chi connectivity index (χ2v) is 3.71. The van der Waals surface area contributed by atoms with Gasteiger partial charge in [-0.1, -0.05) is 17.7 Å². The molecule has 4 N–H and O–H groups in total. The van der Waals surface area contributed by atoms with Crippen LogP contribution in [0.15, 0.2) is 29.2 Å². The summed E-state index contributed by atoms with van der Waals surface area (Å²) < 4.78 is 29.6. The topological polar surface area (TPSA) is 106 Å². The van der Waals surface area contributed by atoms with Gasteiger partial charge in [0.1, 0.15) is 0 Å². The monoisotopic (exact) mass is 222 g/mol. The lowest BCUT2D eigenvalue weighted by molar-refractivity contribution is 0.399.